The van der Waals surface area contributed by atoms with Crippen molar-refractivity contribution in [3.8, 4) is 6.07 Å². The summed E-state index contributed by atoms with van der Waals surface area (Å²) >= 11 is 0. The molecule has 0 aliphatic heterocycles. The molecule has 1 aromatic heterocycles. The summed E-state index contributed by atoms with van der Waals surface area (Å²) in [5.74, 6) is -0.133. The molecule has 1 aliphatic carbocycles. The Balaban J connectivity index is 1.99. The molecule has 2 rings (SSSR count). The molecule has 0 aromatic carbocycles. The number of nitrogens with zero attached hydrogens (tertiary/aromatic N) is 3. The average molecular weight is 246 g/mol. The number of carbonyl (C=O) groups excluding carboxylic acids is 1. The summed E-state index contributed by atoms with van der Waals surface area (Å²) in [5, 5.41) is 16.2. The first-order valence-corrected chi connectivity index (χ1v) is 6.34. The van der Waals surface area contributed by atoms with Crippen molar-refractivity contribution in [2.75, 3.05) is 0 Å². The van der Waals surface area contributed by atoms with Crippen LogP contribution in [0.2, 0.25) is 0 Å². The van der Waals surface area contributed by atoms with Gasteiger partial charge in [-0.1, -0.05) is 19.3 Å². The summed E-state index contributed by atoms with van der Waals surface area (Å²) in [6, 6.07) is 4.09. The lowest BCUT2D eigenvalue weighted by Crippen LogP contribution is -2.41. The van der Waals surface area contributed by atoms with Crippen LogP contribution in [0, 0.1) is 16.7 Å². The first-order chi connectivity index (χ1) is 8.68. The number of rotatable bonds is 3. The topological polar surface area (TPSA) is 70.7 Å². The lowest BCUT2D eigenvalue weighted by atomic mass is 9.74. The number of aromatic nitrogens is 2. The van der Waals surface area contributed by atoms with Gasteiger partial charge < -0.3 is 5.32 Å². The Morgan fingerprint density at radius 1 is 1.56 bits per heavy atom. The highest BCUT2D eigenvalue weighted by Gasteiger charge is 2.39. The summed E-state index contributed by atoms with van der Waals surface area (Å²) in [7, 11) is 1.84. The van der Waals surface area contributed by atoms with Crippen LogP contribution < -0.4 is 5.32 Å². The average Bonchev–Trinajstić information content (AvgIpc) is 2.82. The number of nitriles is 1. The van der Waals surface area contributed by atoms with Crippen LogP contribution in [0.25, 0.3) is 0 Å². The maximum absolute atomic E-state index is 12.2. The fraction of sp³-hybridized carbons (Fsp3) is 0.615. The van der Waals surface area contributed by atoms with Gasteiger partial charge in [-0.05, 0) is 18.9 Å². The minimum absolute atomic E-state index is 0.133. The zero-order valence-corrected chi connectivity index (χ0v) is 10.6. The number of hydrogen-bond donors (Lipinski definition) is 1. The third-order valence-electron chi connectivity index (χ3n) is 3.71. The number of nitrogens with one attached hydrogen (secondary N) is 1. The van der Waals surface area contributed by atoms with E-state index in [-0.39, 0.29) is 5.91 Å². The highest BCUT2D eigenvalue weighted by molar-refractivity contribution is 5.85. The van der Waals surface area contributed by atoms with Crippen molar-refractivity contribution in [1.29, 1.82) is 5.26 Å². The predicted molar refractivity (Wildman–Crippen MR) is 66.2 cm³/mol. The molecule has 5 nitrogen and oxygen atoms in total. The van der Waals surface area contributed by atoms with Gasteiger partial charge in [0.25, 0.3) is 0 Å². The monoisotopic (exact) mass is 246 g/mol. The van der Waals surface area contributed by atoms with Crippen molar-refractivity contribution in [1.82, 2.24) is 15.1 Å². The van der Waals surface area contributed by atoms with Gasteiger partial charge in [-0.25, -0.2) is 0 Å². The van der Waals surface area contributed by atoms with Crippen molar-refractivity contribution in [3.63, 3.8) is 0 Å². The van der Waals surface area contributed by atoms with E-state index in [0.717, 1.165) is 25.0 Å². The predicted octanol–water partition coefficient (Wildman–Crippen LogP) is 1.51. The minimum atomic E-state index is -0.809. The van der Waals surface area contributed by atoms with Crippen LogP contribution in [0.1, 0.15) is 37.8 Å². The molecule has 0 saturated heterocycles. The Labute approximate surface area is 107 Å². The van der Waals surface area contributed by atoms with E-state index >= 15 is 0 Å². The molecule has 1 saturated carbocycles. The first kappa shape index (κ1) is 12.6. The quantitative estimate of drug-likeness (QED) is 0.878. The van der Waals surface area contributed by atoms with Gasteiger partial charge in [-0.15, -0.1) is 0 Å². The van der Waals surface area contributed by atoms with E-state index in [1.165, 1.54) is 0 Å². The summed E-state index contributed by atoms with van der Waals surface area (Å²) in [6.07, 6.45) is 6.11. The second kappa shape index (κ2) is 5.21. The van der Waals surface area contributed by atoms with Gasteiger partial charge in [0, 0.05) is 13.2 Å². The van der Waals surface area contributed by atoms with Crippen LogP contribution in [-0.4, -0.2) is 15.7 Å². The van der Waals surface area contributed by atoms with Crippen LogP contribution in [0.15, 0.2) is 12.3 Å². The molecule has 0 unspecified atom stereocenters. The number of hydrogen-bond acceptors (Lipinski definition) is 3. The molecule has 0 bridgehead atoms. The van der Waals surface area contributed by atoms with Crippen LogP contribution in [0.3, 0.4) is 0 Å². The van der Waals surface area contributed by atoms with Gasteiger partial charge in [0.15, 0.2) is 0 Å². The van der Waals surface area contributed by atoms with E-state index in [9.17, 15) is 10.1 Å². The minimum Gasteiger partial charge on any atom is -0.349 e. The van der Waals surface area contributed by atoms with E-state index in [0.29, 0.717) is 19.4 Å². The molecule has 0 spiro atoms. The van der Waals surface area contributed by atoms with E-state index in [1.807, 2.05) is 13.1 Å². The second-order valence-corrected chi connectivity index (χ2v) is 4.88. The van der Waals surface area contributed by atoms with E-state index < -0.39 is 5.41 Å². The molecule has 1 amide bonds. The number of amides is 1. The normalized spacial score (nSPS) is 18.0. The van der Waals surface area contributed by atoms with E-state index in [1.54, 1.807) is 10.9 Å². The Bertz CT molecular complexity index is 466. The lowest BCUT2D eigenvalue weighted by molar-refractivity contribution is -0.129. The van der Waals surface area contributed by atoms with Crippen LogP contribution >= 0.6 is 0 Å². The Morgan fingerprint density at radius 3 is 2.83 bits per heavy atom. The van der Waals surface area contributed by atoms with Crippen LogP contribution in [0.4, 0.5) is 0 Å². The van der Waals surface area contributed by atoms with Crippen molar-refractivity contribution in [2.45, 2.75) is 38.6 Å². The molecular formula is C13H18N4O. The molecule has 1 N–H and O–H groups in total. The lowest BCUT2D eigenvalue weighted by Gasteiger charge is -2.29. The first-order valence-electron chi connectivity index (χ1n) is 6.34. The summed E-state index contributed by atoms with van der Waals surface area (Å²) in [4.78, 5) is 12.2. The SMILES string of the molecule is Cn1nccc1CNC(=O)C1(C#N)CCCCC1. The molecule has 1 aromatic rings. The van der Waals surface area contributed by atoms with Crippen LogP contribution in [-0.2, 0) is 18.4 Å². The Kier molecular flexibility index (Phi) is 3.66. The molecule has 0 atom stereocenters. The van der Waals surface area contributed by atoms with E-state index in [4.69, 9.17) is 0 Å². The maximum Gasteiger partial charge on any atom is 0.240 e. The highest BCUT2D eigenvalue weighted by Crippen LogP contribution is 2.35. The van der Waals surface area contributed by atoms with Gasteiger partial charge in [-0.2, -0.15) is 10.4 Å². The van der Waals surface area contributed by atoms with Gasteiger partial charge >= 0.3 is 0 Å². The largest absolute Gasteiger partial charge is 0.349 e. The number of carbonyl (C=O) groups is 1. The zero-order chi connectivity index (χ0) is 13.0. The van der Waals surface area contributed by atoms with Crippen molar-refractivity contribution < 1.29 is 4.79 Å². The third-order valence-corrected chi connectivity index (χ3v) is 3.71. The molecule has 5 heteroatoms. The zero-order valence-electron chi connectivity index (χ0n) is 10.6. The molecule has 1 fully saturated rings. The third kappa shape index (κ3) is 2.37. The molecular weight excluding hydrogens is 228 g/mol. The fourth-order valence-electron chi connectivity index (χ4n) is 2.46. The molecule has 1 aliphatic rings. The van der Waals surface area contributed by atoms with Crippen LogP contribution in [0.5, 0.6) is 0 Å². The Morgan fingerprint density at radius 2 is 2.28 bits per heavy atom. The summed E-state index contributed by atoms with van der Waals surface area (Å²) in [5.41, 5.74) is 0.129. The van der Waals surface area contributed by atoms with Gasteiger partial charge in [0.05, 0.1) is 18.3 Å². The van der Waals surface area contributed by atoms with Gasteiger partial charge in [-0.3, -0.25) is 9.48 Å². The van der Waals surface area contributed by atoms with Gasteiger partial charge in [0.2, 0.25) is 5.91 Å². The van der Waals surface area contributed by atoms with Gasteiger partial charge in [0.1, 0.15) is 5.41 Å². The van der Waals surface area contributed by atoms with E-state index in [2.05, 4.69) is 16.5 Å². The Hall–Kier alpha value is -1.83. The molecule has 0 radical (unpaired) electrons. The molecule has 18 heavy (non-hydrogen) atoms. The van der Waals surface area contributed by atoms with Crippen molar-refractivity contribution in [3.05, 3.63) is 18.0 Å². The van der Waals surface area contributed by atoms with Crippen molar-refractivity contribution in [2.24, 2.45) is 12.5 Å². The standard InChI is InChI=1S/C13H18N4O/c1-17-11(5-8-16-17)9-15-12(18)13(10-14)6-3-2-4-7-13/h5,8H,2-4,6-7,9H2,1H3,(H,15,18). The molecule has 1 heterocycles. The number of aryl methyl sites for hydroxylation is 1. The fourth-order valence-corrected chi connectivity index (χ4v) is 2.46. The second-order valence-electron chi connectivity index (χ2n) is 4.88. The summed E-state index contributed by atoms with van der Waals surface area (Å²) < 4.78 is 1.72. The molecule has 96 valence electrons. The van der Waals surface area contributed by atoms with Crippen molar-refractivity contribution >= 4 is 5.91 Å². The highest BCUT2D eigenvalue weighted by atomic mass is 16.2. The smallest absolute Gasteiger partial charge is 0.240 e. The summed E-state index contributed by atoms with van der Waals surface area (Å²) in [6.45, 7) is 0.429. The maximum atomic E-state index is 12.2.